The van der Waals surface area contributed by atoms with E-state index in [4.69, 9.17) is 10.5 Å². The van der Waals surface area contributed by atoms with Crippen LogP contribution in [-0.4, -0.2) is 31.6 Å². The summed E-state index contributed by atoms with van der Waals surface area (Å²) in [5.41, 5.74) is 7.86. The molecule has 5 nitrogen and oxygen atoms in total. The van der Waals surface area contributed by atoms with Crippen LogP contribution in [0, 0.1) is 0 Å². The number of hydrogen-bond donors (Lipinski definition) is 3. The summed E-state index contributed by atoms with van der Waals surface area (Å²) in [6, 6.07) is 6.27. The van der Waals surface area contributed by atoms with Gasteiger partial charge in [0.2, 0.25) is 5.91 Å². The van der Waals surface area contributed by atoms with Gasteiger partial charge in [-0.1, -0.05) is 13.0 Å². The number of carbonyl (C=O) groups is 1. The molecule has 0 aromatic heterocycles. The minimum Gasteiger partial charge on any atom is -0.491 e. The Labute approximate surface area is 127 Å². The molecule has 0 fully saturated rings. The molecule has 0 spiro atoms. The van der Waals surface area contributed by atoms with Crippen LogP contribution in [0.2, 0.25) is 0 Å². The molecule has 118 valence electrons. The van der Waals surface area contributed by atoms with Crippen LogP contribution in [0.1, 0.15) is 32.8 Å². The summed E-state index contributed by atoms with van der Waals surface area (Å²) in [7, 11) is 0. The molecule has 0 aliphatic carbocycles. The van der Waals surface area contributed by atoms with Gasteiger partial charge in [0, 0.05) is 26.1 Å². The molecule has 0 heterocycles. The van der Waals surface area contributed by atoms with Gasteiger partial charge < -0.3 is 21.1 Å². The Morgan fingerprint density at radius 1 is 1.38 bits per heavy atom. The molecule has 1 atom stereocenters. The minimum atomic E-state index is -0.0000975. The van der Waals surface area contributed by atoms with Crippen molar-refractivity contribution >= 4 is 11.6 Å². The van der Waals surface area contributed by atoms with Gasteiger partial charge in [0.1, 0.15) is 5.75 Å². The van der Waals surface area contributed by atoms with E-state index in [2.05, 4.69) is 24.5 Å². The summed E-state index contributed by atoms with van der Waals surface area (Å²) in [5.74, 6) is 0.756. The summed E-state index contributed by atoms with van der Waals surface area (Å²) < 4.78 is 5.57. The van der Waals surface area contributed by atoms with Gasteiger partial charge in [0.05, 0.1) is 12.3 Å². The Morgan fingerprint density at radius 3 is 2.76 bits per heavy atom. The molecule has 1 aromatic carbocycles. The zero-order chi connectivity index (χ0) is 15.7. The first kappa shape index (κ1) is 17.3. The molecule has 0 saturated carbocycles. The van der Waals surface area contributed by atoms with Crippen molar-refractivity contribution in [1.29, 1.82) is 0 Å². The fraction of sp³-hybridized carbons (Fsp3) is 0.562. The van der Waals surface area contributed by atoms with Crippen LogP contribution >= 0.6 is 0 Å². The van der Waals surface area contributed by atoms with E-state index >= 15 is 0 Å². The molecule has 0 aliphatic heterocycles. The number of hydrogen-bond acceptors (Lipinski definition) is 4. The van der Waals surface area contributed by atoms with E-state index in [0.29, 0.717) is 24.9 Å². The predicted molar refractivity (Wildman–Crippen MR) is 86.5 cm³/mol. The SMILES string of the molecule is CCCOc1ccc(CC(C)NCCNC(C)=O)cc1N. The van der Waals surface area contributed by atoms with Gasteiger partial charge in [0.25, 0.3) is 0 Å². The van der Waals surface area contributed by atoms with Crippen LogP contribution in [-0.2, 0) is 11.2 Å². The first-order chi connectivity index (χ1) is 10.0. The maximum atomic E-state index is 10.8. The Morgan fingerprint density at radius 2 is 2.14 bits per heavy atom. The fourth-order valence-corrected chi connectivity index (χ4v) is 2.05. The number of amides is 1. The normalized spacial score (nSPS) is 12.0. The van der Waals surface area contributed by atoms with Crippen LogP contribution in [0.3, 0.4) is 0 Å². The topological polar surface area (TPSA) is 76.4 Å². The van der Waals surface area contributed by atoms with Gasteiger partial charge in [-0.2, -0.15) is 0 Å². The molecule has 21 heavy (non-hydrogen) atoms. The average Bonchev–Trinajstić information content (AvgIpc) is 2.42. The van der Waals surface area contributed by atoms with Gasteiger partial charge in [0.15, 0.2) is 0 Å². The minimum absolute atomic E-state index is 0.0000975. The summed E-state index contributed by atoms with van der Waals surface area (Å²) in [6.07, 6.45) is 1.86. The molecule has 0 aliphatic rings. The first-order valence-electron chi connectivity index (χ1n) is 7.52. The van der Waals surface area contributed by atoms with E-state index in [-0.39, 0.29) is 5.91 Å². The largest absolute Gasteiger partial charge is 0.491 e. The van der Waals surface area contributed by atoms with Gasteiger partial charge in [-0.3, -0.25) is 4.79 Å². The van der Waals surface area contributed by atoms with Crippen molar-refractivity contribution in [3.8, 4) is 5.75 Å². The van der Waals surface area contributed by atoms with E-state index in [0.717, 1.165) is 25.1 Å². The maximum absolute atomic E-state index is 10.8. The Balaban J connectivity index is 2.40. The lowest BCUT2D eigenvalue weighted by atomic mass is 10.1. The summed E-state index contributed by atoms with van der Waals surface area (Å²) >= 11 is 0. The number of nitrogens with one attached hydrogen (secondary N) is 2. The second-order valence-electron chi connectivity index (χ2n) is 5.26. The van der Waals surface area contributed by atoms with Crippen molar-refractivity contribution < 1.29 is 9.53 Å². The lowest BCUT2D eigenvalue weighted by Crippen LogP contribution is -2.35. The van der Waals surface area contributed by atoms with E-state index in [1.807, 2.05) is 18.2 Å². The number of carbonyl (C=O) groups excluding carboxylic acids is 1. The van der Waals surface area contributed by atoms with Crippen molar-refractivity contribution in [1.82, 2.24) is 10.6 Å². The lowest BCUT2D eigenvalue weighted by molar-refractivity contribution is -0.118. The fourth-order valence-electron chi connectivity index (χ4n) is 2.05. The molecule has 1 aromatic rings. The second kappa shape index (κ2) is 9.23. The third kappa shape index (κ3) is 6.99. The highest BCUT2D eigenvalue weighted by Crippen LogP contribution is 2.23. The number of rotatable bonds is 9. The van der Waals surface area contributed by atoms with Gasteiger partial charge in [-0.25, -0.2) is 0 Å². The van der Waals surface area contributed by atoms with Gasteiger partial charge in [-0.15, -0.1) is 0 Å². The van der Waals surface area contributed by atoms with Crippen LogP contribution in [0.4, 0.5) is 5.69 Å². The predicted octanol–water partition coefficient (Wildman–Crippen LogP) is 1.71. The number of ether oxygens (including phenoxy) is 1. The third-order valence-corrected chi connectivity index (χ3v) is 3.07. The van der Waals surface area contributed by atoms with Crippen molar-refractivity contribution in [2.24, 2.45) is 0 Å². The standard InChI is InChI=1S/C16H27N3O2/c1-4-9-21-16-6-5-14(11-15(16)17)10-12(2)18-7-8-19-13(3)20/h5-6,11-12,18H,4,7-10,17H2,1-3H3,(H,19,20). The van der Waals surface area contributed by atoms with Gasteiger partial charge in [-0.05, 0) is 37.5 Å². The molecule has 4 N–H and O–H groups in total. The van der Waals surface area contributed by atoms with Crippen LogP contribution in [0.5, 0.6) is 5.75 Å². The molecule has 0 saturated heterocycles. The summed E-state index contributed by atoms with van der Waals surface area (Å²) in [6.45, 7) is 7.79. The number of benzene rings is 1. The number of nitrogen functional groups attached to an aromatic ring is 1. The average molecular weight is 293 g/mol. The lowest BCUT2D eigenvalue weighted by Gasteiger charge is -2.15. The molecule has 0 radical (unpaired) electrons. The highest BCUT2D eigenvalue weighted by atomic mass is 16.5. The summed E-state index contributed by atoms with van der Waals surface area (Å²) in [5, 5.41) is 6.13. The smallest absolute Gasteiger partial charge is 0.216 e. The number of anilines is 1. The maximum Gasteiger partial charge on any atom is 0.216 e. The molecular formula is C16H27N3O2. The van der Waals surface area contributed by atoms with Crippen LogP contribution in [0.15, 0.2) is 18.2 Å². The third-order valence-electron chi connectivity index (χ3n) is 3.07. The molecule has 5 heteroatoms. The van der Waals surface area contributed by atoms with Crippen LogP contribution in [0.25, 0.3) is 0 Å². The summed E-state index contributed by atoms with van der Waals surface area (Å²) in [4.78, 5) is 10.8. The molecule has 1 amide bonds. The van der Waals surface area contributed by atoms with E-state index < -0.39 is 0 Å². The van der Waals surface area contributed by atoms with E-state index in [9.17, 15) is 4.79 Å². The quantitative estimate of drug-likeness (QED) is 0.478. The van der Waals surface area contributed by atoms with E-state index in [1.54, 1.807) is 0 Å². The molecule has 1 rings (SSSR count). The Kier molecular flexibility index (Phi) is 7.61. The Bertz CT molecular complexity index is 449. The molecule has 0 bridgehead atoms. The number of nitrogens with two attached hydrogens (primary N) is 1. The zero-order valence-corrected chi connectivity index (χ0v) is 13.2. The molecule has 1 unspecified atom stereocenters. The highest BCUT2D eigenvalue weighted by molar-refractivity contribution is 5.72. The Hall–Kier alpha value is -1.75. The second-order valence-corrected chi connectivity index (χ2v) is 5.26. The van der Waals surface area contributed by atoms with Crippen molar-refractivity contribution in [3.05, 3.63) is 23.8 Å². The van der Waals surface area contributed by atoms with Gasteiger partial charge >= 0.3 is 0 Å². The van der Waals surface area contributed by atoms with Crippen molar-refractivity contribution in [3.63, 3.8) is 0 Å². The molecular weight excluding hydrogens is 266 g/mol. The van der Waals surface area contributed by atoms with E-state index in [1.165, 1.54) is 12.5 Å². The first-order valence-corrected chi connectivity index (χ1v) is 7.52. The van der Waals surface area contributed by atoms with Crippen molar-refractivity contribution in [2.75, 3.05) is 25.4 Å². The van der Waals surface area contributed by atoms with Crippen LogP contribution < -0.4 is 21.1 Å². The van der Waals surface area contributed by atoms with Crippen molar-refractivity contribution in [2.45, 2.75) is 39.7 Å². The zero-order valence-electron chi connectivity index (χ0n) is 13.2. The monoisotopic (exact) mass is 293 g/mol. The highest BCUT2D eigenvalue weighted by Gasteiger charge is 2.06.